The predicted octanol–water partition coefficient (Wildman–Crippen LogP) is 3.66. The van der Waals surface area contributed by atoms with Gasteiger partial charge in [-0.3, -0.25) is 5.10 Å². The highest BCUT2D eigenvalue weighted by atomic mass is 15.2. The van der Waals surface area contributed by atoms with Crippen LogP contribution >= 0.6 is 0 Å². The Hall–Kier alpha value is -3.25. The summed E-state index contributed by atoms with van der Waals surface area (Å²) in [6.45, 7) is 1.94. The zero-order chi connectivity index (χ0) is 20.0. The quantitative estimate of drug-likeness (QED) is 0.584. The van der Waals surface area contributed by atoms with Gasteiger partial charge in [0.15, 0.2) is 5.82 Å². The molecule has 6 nitrogen and oxygen atoms in total. The molecule has 0 saturated heterocycles. The minimum Gasteiger partial charge on any atom is -0.361 e. The molecule has 0 fully saturated rings. The van der Waals surface area contributed by atoms with Gasteiger partial charge >= 0.3 is 0 Å². The van der Waals surface area contributed by atoms with Crippen molar-refractivity contribution in [1.82, 2.24) is 25.3 Å². The van der Waals surface area contributed by atoms with Crippen LogP contribution in [-0.4, -0.2) is 53.0 Å². The van der Waals surface area contributed by atoms with E-state index in [-0.39, 0.29) is 0 Å². The zero-order valence-electron chi connectivity index (χ0n) is 16.9. The second-order valence-corrected chi connectivity index (χ2v) is 8.05. The molecule has 0 aliphatic carbocycles. The van der Waals surface area contributed by atoms with E-state index in [0.717, 1.165) is 41.1 Å². The summed E-state index contributed by atoms with van der Waals surface area (Å²) in [7, 11) is 6.13. The van der Waals surface area contributed by atoms with Crippen molar-refractivity contribution in [1.29, 1.82) is 0 Å². The fourth-order valence-corrected chi connectivity index (χ4v) is 4.18. The van der Waals surface area contributed by atoms with Gasteiger partial charge in [-0.25, -0.2) is 0 Å². The van der Waals surface area contributed by atoms with Crippen LogP contribution in [-0.2, 0) is 6.54 Å². The molecule has 29 heavy (non-hydrogen) atoms. The molecule has 1 aliphatic heterocycles. The number of aromatic amines is 1. The standard InChI is InChI=1S/C23H24N6/c1-28(2)23-9-8-21(26-27-23)16-6-7-19-18(10-16)13-29(3)14-20(19)15-4-5-17-12-24-25-22(17)11-15/h4-12,20H,13-14H2,1-3H3,(H,24,25). The van der Waals surface area contributed by atoms with Crippen LogP contribution in [0.2, 0.25) is 0 Å². The number of benzene rings is 2. The first-order valence-corrected chi connectivity index (χ1v) is 9.84. The van der Waals surface area contributed by atoms with Gasteiger partial charge in [-0.15, -0.1) is 10.2 Å². The summed E-state index contributed by atoms with van der Waals surface area (Å²) in [6, 6.07) is 17.4. The third kappa shape index (κ3) is 3.25. The van der Waals surface area contributed by atoms with Crippen molar-refractivity contribution >= 4 is 16.7 Å². The molecule has 1 atom stereocenters. The number of aromatic nitrogens is 4. The molecule has 0 spiro atoms. The molecule has 2 aromatic carbocycles. The third-order valence-electron chi connectivity index (χ3n) is 5.73. The molecule has 1 aliphatic rings. The first-order valence-electron chi connectivity index (χ1n) is 9.84. The topological polar surface area (TPSA) is 60.9 Å². The SMILES string of the molecule is CN1Cc2cc(-c3ccc(N(C)C)nn3)ccc2C(c2ccc3cn[nH]c3c2)C1. The number of rotatable bonds is 3. The van der Waals surface area contributed by atoms with E-state index in [1.807, 2.05) is 37.3 Å². The minimum absolute atomic E-state index is 0.340. The van der Waals surface area contributed by atoms with Gasteiger partial charge < -0.3 is 9.80 Å². The summed E-state index contributed by atoms with van der Waals surface area (Å²) < 4.78 is 0. The van der Waals surface area contributed by atoms with Gasteiger partial charge in [0, 0.05) is 44.1 Å². The number of likely N-dealkylation sites (N-methyl/N-ethyl adjacent to an activating group) is 1. The zero-order valence-corrected chi connectivity index (χ0v) is 16.9. The largest absolute Gasteiger partial charge is 0.361 e. The predicted molar refractivity (Wildman–Crippen MR) is 116 cm³/mol. The smallest absolute Gasteiger partial charge is 0.150 e. The summed E-state index contributed by atoms with van der Waals surface area (Å²) in [5, 5.41) is 17.2. The van der Waals surface area contributed by atoms with Crippen LogP contribution in [0.25, 0.3) is 22.2 Å². The molecule has 1 unspecified atom stereocenters. The number of nitrogens with zero attached hydrogens (tertiary/aromatic N) is 5. The number of H-pyrrole nitrogens is 1. The second kappa shape index (κ2) is 6.97. The summed E-state index contributed by atoms with van der Waals surface area (Å²) in [5.74, 6) is 1.20. The Morgan fingerprint density at radius 1 is 1.03 bits per heavy atom. The summed E-state index contributed by atoms with van der Waals surface area (Å²) in [5.41, 5.74) is 7.16. The molecule has 4 aromatic rings. The van der Waals surface area contributed by atoms with Crippen molar-refractivity contribution in [3.05, 3.63) is 71.4 Å². The third-order valence-corrected chi connectivity index (χ3v) is 5.73. The van der Waals surface area contributed by atoms with Gasteiger partial charge in [-0.1, -0.05) is 24.3 Å². The molecule has 3 heterocycles. The van der Waals surface area contributed by atoms with Gasteiger partial charge in [0.25, 0.3) is 0 Å². The van der Waals surface area contributed by atoms with Crippen molar-refractivity contribution in [3.8, 4) is 11.3 Å². The van der Waals surface area contributed by atoms with E-state index in [1.54, 1.807) is 0 Å². The van der Waals surface area contributed by atoms with Crippen LogP contribution in [0.4, 0.5) is 5.82 Å². The minimum atomic E-state index is 0.340. The maximum atomic E-state index is 4.43. The second-order valence-electron chi connectivity index (χ2n) is 8.05. The van der Waals surface area contributed by atoms with Crippen molar-refractivity contribution < 1.29 is 0 Å². The highest BCUT2D eigenvalue weighted by Crippen LogP contribution is 2.36. The van der Waals surface area contributed by atoms with Crippen molar-refractivity contribution in [2.45, 2.75) is 12.5 Å². The Bertz CT molecular complexity index is 1160. The van der Waals surface area contributed by atoms with Gasteiger partial charge in [0.1, 0.15) is 0 Å². The normalized spacial score (nSPS) is 16.7. The fraction of sp³-hybridized carbons (Fsp3) is 0.261. The molecule has 0 saturated carbocycles. The Morgan fingerprint density at radius 2 is 1.93 bits per heavy atom. The van der Waals surface area contributed by atoms with E-state index >= 15 is 0 Å². The van der Waals surface area contributed by atoms with Crippen molar-refractivity contribution in [3.63, 3.8) is 0 Å². The van der Waals surface area contributed by atoms with Crippen LogP contribution in [0, 0.1) is 0 Å². The Labute approximate surface area is 170 Å². The lowest BCUT2D eigenvalue weighted by atomic mass is 9.83. The molecule has 146 valence electrons. The molecule has 0 amide bonds. The number of fused-ring (bicyclic) bond motifs is 2. The first kappa shape index (κ1) is 17.8. The molecule has 6 heteroatoms. The number of nitrogens with one attached hydrogen (secondary N) is 1. The van der Waals surface area contributed by atoms with E-state index in [0.29, 0.717) is 5.92 Å². The fourth-order valence-electron chi connectivity index (χ4n) is 4.18. The lowest BCUT2D eigenvalue weighted by Gasteiger charge is -2.33. The molecule has 2 aromatic heterocycles. The van der Waals surface area contributed by atoms with Crippen molar-refractivity contribution in [2.75, 3.05) is 32.6 Å². The molecular formula is C23H24N6. The summed E-state index contributed by atoms with van der Waals surface area (Å²) >= 11 is 0. The summed E-state index contributed by atoms with van der Waals surface area (Å²) in [6.07, 6.45) is 1.87. The average Bonchev–Trinajstić information content (AvgIpc) is 3.20. The van der Waals surface area contributed by atoms with E-state index in [4.69, 9.17) is 0 Å². The Kier molecular flexibility index (Phi) is 4.28. The maximum absolute atomic E-state index is 4.43. The summed E-state index contributed by atoms with van der Waals surface area (Å²) in [4.78, 5) is 4.34. The molecular weight excluding hydrogens is 360 g/mol. The molecule has 0 bridgehead atoms. The van der Waals surface area contributed by atoms with E-state index in [1.165, 1.54) is 16.7 Å². The van der Waals surface area contributed by atoms with Crippen LogP contribution in [0.5, 0.6) is 0 Å². The number of anilines is 1. The monoisotopic (exact) mass is 384 g/mol. The highest BCUT2D eigenvalue weighted by molar-refractivity contribution is 5.78. The van der Waals surface area contributed by atoms with E-state index < -0.39 is 0 Å². The average molecular weight is 384 g/mol. The van der Waals surface area contributed by atoms with Crippen molar-refractivity contribution in [2.24, 2.45) is 0 Å². The van der Waals surface area contributed by atoms with Gasteiger partial charge in [-0.2, -0.15) is 5.10 Å². The van der Waals surface area contributed by atoms with Gasteiger partial charge in [0.2, 0.25) is 0 Å². The van der Waals surface area contributed by atoms with Crippen LogP contribution < -0.4 is 4.90 Å². The molecule has 0 radical (unpaired) electrons. The Morgan fingerprint density at radius 3 is 2.72 bits per heavy atom. The van der Waals surface area contributed by atoms with Gasteiger partial charge in [0.05, 0.1) is 17.4 Å². The highest BCUT2D eigenvalue weighted by Gasteiger charge is 2.25. The lowest BCUT2D eigenvalue weighted by molar-refractivity contribution is 0.295. The molecule has 5 rings (SSSR count). The van der Waals surface area contributed by atoms with E-state index in [9.17, 15) is 0 Å². The number of hydrogen-bond acceptors (Lipinski definition) is 5. The maximum Gasteiger partial charge on any atom is 0.150 e. The lowest BCUT2D eigenvalue weighted by Crippen LogP contribution is -2.31. The van der Waals surface area contributed by atoms with Gasteiger partial charge in [-0.05, 0) is 48.0 Å². The Balaban J connectivity index is 1.53. The van der Waals surface area contributed by atoms with E-state index in [2.05, 4.69) is 68.7 Å². The van der Waals surface area contributed by atoms with Crippen LogP contribution in [0.15, 0.2) is 54.7 Å². The number of hydrogen-bond donors (Lipinski definition) is 1. The molecule has 1 N–H and O–H groups in total. The van der Waals surface area contributed by atoms with Crippen LogP contribution in [0.1, 0.15) is 22.6 Å². The van der Waals surface area contributed by atoms with Crippen LogP contribution in [0.3, 0.4) is 0 Å². The first-order chi connectivity index (χ1) is 14.1.